The number of hydrogen-bond acceptors (Lipinski definition) is 5. The third-order valence-corrected chi connectivity index (χ3v) is 4.90. The Kier molecular flexibility index (Phi) is 4.32. The molecule has 0 aliphatic heterocycles. The smallest absolute Gasteiger partial charge is 0.180 e. The summed E-state index contributed by atoms with van der Waals surface area (Å²) in [4.78, 5) is 15.7. The van der Waals surface area contributed by atoms with Crippen LogP contribution in [0, 0.1) is 0 Å². The van der Waals surface area contributed by atoms with Crippen LogP contribution < -0.4 is 5.32 Å². The average Bonchev–Trinajstić information content (AvgIpc) is 3.36. The number of thiocarbonyl (C=S) groups is 1. The van der Waals surface area contributed by atoms with E-state index < -0.39 is 0 Å². The lowest BCUT2D eigenvalue weighted by molar-refractivity contribution is 0.497. The normalized spacial score (nSPS) is 14.0. The fourth-order valence-corrected chi connectivity index (χ4v) is 2.97. The Balaban J connectivity index is 1.60. The fraction of sp³-hybridized carbons (Fsp3) is 0.368. The highest BCUT2D eigenvalue weighted by molar-refractivity contribution is 7.80. The highest BCUT2D eigenvalue weighted by Crippen LogP contribution is 2.27. The van der Waals surface area contributed by atoms with Gasteiger partial charge in [0.1, 0.15) is 22.8 Å². The molecule has 0 aromatic carbocycles. The maximum atomic E-state index is 5.87. The number of pyridine rings is 1. The molecule has 3 heterocycles. The first kappa shape index (κ1) is 16.9. The molecule has 6 nitrogen and oxygen atoms in total. The topological polar surface area (TPSA) is 67.1 Å². The number of anilines is 1. The minimum atomic E-state index is 0.329. The molecule has 1 N–H and O–H groups in total. The van der Waals surface area contributed by atoms with Crippen LogP contribution in [0.5, 0.6) is 0 Å². The Hall–Kier alpha value is -2.54. The van der Waals surface area contributed by atoms with Crippen molar-refractivity contribution in [1.82, 2.24) is 19.9 Å². The van der Waals surface area contributed by atoms with E-state index in [1.54, 1.807) is 6.20 Å². The molecule has 0 saturated heterocycles. The molecule has 0 spiro atoms. The maximum absolute atomic E-state index is 5.87. The Morgan fingerprint density at radius 3 is 2.73 bits per heavy atom. The summed E-state index contributed by atoms with van der Waals surface area (Å²) in [6.45, 7) is 4.19. The van der Waals surface area contributed by atoms with Crippen molar-refractivity contribution >= 4 is 34.3 Å². The van der Waals surface area contributed by atoms with Gasteiger partial charge in [0.05, 0.1) is 6.20 Å². The first-order valence-electron chi connectivity index (χ1n) is 8.79. The van der Waals surface area contributed by atoms with Crippen LogP contribution in [0.25, 0.3) is 22.6 Å². The Bertz CT molecular complexity index is 963. The standard InChI is InChI=1S/C19H21N5OS/c1-11(2)15-7-8-16(25-15)14-10-20-13-6-9-17(22-18(13)21-14)23-19(26)24(3)12-4-5-12/h6-12H,4-5H2,1-3H3,(H,21,22,23,26). The first-order valence-corrected chi connectivity index (χ1v) is 9.20. The largest absolute Gasteiger partial charge is 0.459 e. The lowest BCUT2D eigenvalue weighted by atomic mass is 10.2. The van der Waals surface area contributed by atoms with Crippen LogP contribution >= 0.6 is 12.2 Å². The number of nitrogens with one attached hydrogen (secondary N) is 1. The predicted molar refractivity (Wildman–Crippen MR) is 106 cm³/mol. The van der Waals surface area contributed by atoms with Crippen molar-refractivity contribution in [2.24, 2.45) is 0 Å². The second kappa shape index (κ2) is 6.64. The number of rotatable bonds is 4. The molecule has 7 heteroatoms. The lowest BCUT2D eigenvalue weighted by Crippen LogP contribution is -2.33. The molecule has 3 aromatic rings. The minimum Gasteiger partial charge on any atom is -0.459 e. The van der Waals surface area contributed by atoms with E-state index in [-0.39, 0.29) is 0 Å². The molecule has 4 rings (SSSR count). The molecule has 0 unspecified atom stereocenters. The lowest BCUT2D eigenvalue weighted by Gasteiger charge is -2.19. The van der Waals surface area contributed by atoms with Crippen molar-refractivity contribution < 1.29 is 4.42 Å². The third-order valence-electron chi connectivity index (χ3n) is 4.51. The third kappa shape index (κ3) is 3.39. The quantitative estimate of drug-likeness (QED) is 0.693. The zero-order valence-corrected chi connectivity index (χ0v) is 15.9. The number of fused-ring (bicyclic) bond motifs is 1. The summed E-state index contributed by atoms with van der Waals surface area (Å²) in [5.74, 6) is 2.63. The summed E-state index contributed by atoms with van der Waals surface area (Å²) in [6, 6.07) is 8.21. The van der Waals surface area contributed by atoms with Gasteiger partial charge in [-0.25, -0.2) is 9.97 Å². The molecular formula is C19H21N5OS. The number of aromatic nitrogens is 3. The van der Waals surface area contributed by atoms with Crippen LogP contribution in [0.2, 0.25) is 0 Å². The summed E-state index contributed by atoms with van der Waals surface area (Å²) in [5, 5.41) is 3.87. The van der Waals surface area contributed by atoms with E-state index in [1.807, 2.05) is 31.3 Å². The summed E-state index contributed by atoms with van der Waals surface area (Å²) in [6.07, 6.45) is 4.10. The summed E-state index contributed by atoms with van der Waals surface area (Å²) < 4.78 is 5.87. The summed E-state index contributed by atoms with van der Waals surface area (Å²) >= 11 is 5.45. The number of nitrogens with zero attached hydrogens (tertiary/aromatic N) is 4. The van der Waals surface area contributed by atoms with Crippen LogP contribution in [0.1, 0.15) is 38.4 Å². The zero-order chi connectivity index (χ0) is 18.3. The van der Waals surface area contributed by atoms with Crippen molar-refractivity contribution in [2.75, 3.05) is 12.4 Å². The second-order valence-electron chi connectivity index (χ2n) is 6.92. The van der Waals surface area contributed by atoms with E-state index in [2.05, 4.69) is 39.0 Å². The van der Waals surface area contributed by atoms with Crippen LogP contribution in [0.15, 0.2) is 34.9 Å². The Morgan fingerprint density at radius 1 is 1.23 bits per heavy atom. The molecule has 134 valence electrons. The van der Waals surface area contributed by atoms with Gasteiger partial charge in [0, 0.05) is 19.0 Å². The Morgan fingerprint density at radius 2 is 2.04 bits per heavy atom. The van der Waals surface area contributed by atoms with Gasteiger partial charge in [0.15, 0.2) is 16.5 Å². The van der Waals surface area contributed by atoms with Gasteiger partial charge in [-0.15, -0.1) is 0 Å². The van der Waals surface area contributed by atoms with E-state index in [0.717, 1.165) is 11.3 Å². The molecule has 1 fully saturated rings. The second-order valence-corrected chi connectivity index (χ2v) is 7.31. The van der Waals surface area contributed by atoms with E-state index in [9.17, 15) is 0 Å². The van der Waals surface area contributed by atoms with Crippen LogP contribution in [0.4, 0.5) is 5.82 Å². The van der Waals surface area contributed by atoms with Gasteiger partial charge in [-0.2, -0.15) is 0 Å². The van der Waals surface area contributed by atoms with Crippen molar-refractivity contribution in [3.63, 3.8) is 0 Å². The van der Waals surface area contributed by atoms with Gasteiger partial charge < -0.3 is 14.6 Å². The molecule has 3 aromatic heterocycles. The molecular weight excluding hydrogens is 346 g/mol. The van der Waals surface area contributed by atoms with Gasteiger partial charge in [-0.3, -0.25) is 4.98 Å². The molecule has 0 bridgehead atoms. The number of hydrogen-bond donors (Lipinski definition) is 1. The molecule has 26 heavy (non-hydrogen) atoms. The molecule has 1 aliphatic carbocycles. The van der Waals surface area contributed by atoms with E-state index in [0.29, 0.717) is 40.0 Å². The number of furan rings is 1. The van der Waals surface area contributed by atoms with E-state index in [1.165, 1.54) is 12.8 Å². The maximum Gasteiger partial charge on any atom is 0.180 e. The highest BCUT2D eigenvalue weighted by atomic mass is 32.1. The average molecular weight is 367 g/mol. The van der Waals surface area contributed by atoms with Crippen LogP contribution in [-0.4, -0.2) is 38.1 Å². The SMILES string of the molecule is CC(C)c1ccc(-c2cnc3ccc(NC(=S)N(C)C4CC4)nc3n2)o1. The van der Waals surface area contributed by atoms with E-state index >= 15 is 0 Å². The van der Waals surface area contributed by atoms with Gasteiger partial charge in [0.25, 0.3) is 0 Å². The van der Waals surface area contributed by atoms with Crippen molar-refractivity contribution in [3.8, 4) is 11.5 Å². The summed E-state index contributed by atoms with van der Waals surface area (Å²) in [7, 11) is 2.01. The van der Waals surface area contributed by atoms with Crippen molar-refractivity contribution in [1.29, 1.82) is 0 Å². The molecule has 0 radical (unpaired) electrons. The van der Waals surface area contributed by atoms with Crippen LogP contribution in [0.3, 0.4) is 0 Å². The molecule has 0 atom stereocenters. The predicted octanol–water partition coefficient (Wildman–Crippen LogP) is 4.20. The first-order chi connectivity index (χ1) is 12.5. The fourth-order valence-electron chi connectivity index (χ4n) is 2.71. The molecule has 1 saturated carbocycles. The molecule has 1 aliphatic rings. The van der Waals surface area contributed by atoms with Crippen LogP contribution in [-0.2, 0) is 0 Å². The van der Waals surface area contributed by atoms with Crippen molar-refractivity contribution in [2.45, 2.75) is 38.6 Å². The minimum absolute atomic E-state index is 0.329. The van der Waals surface area contributed by atoms with Gasteiger partial charge in [0.2, 0.25) is 0 Å². The van der Waals surface area contributed by atoms with Gasteiger partial charge in [-0.1, -0.05) is 13.8 Å². The van der Waals surface area contributed by atoms with Crippen molar-refractivity contribution in [3.05, 3.63) is 36.2 Å². The zero-order valence-electron chi connectivity index (χ0n) is 15.1. The Labute approximate surface area is 157 Å². The summed E-state index contributed by atoms with van der Waals surface area (Å²) in [5.41, 5.74) is 1.97. The van der Waals surface area contributed by atoms with Gasteiger partial charge in [-0.05, 0) is 49.3 Å². The molecule has 0 amide bonds. The monoisotopic (exact) mass is 367 g/mol. The van der Waals surface area contributed by atoms with Gasteiger partial charge >= 0.3 is 0 Å². The van der Waals surface area contributed by atoms with E-state index in [4.69, 9.17) is 16.6 Å². The highest BCUT2D eigenvalue weighted by Gasteiger charge is 2.27.